The van der Waals surface area contributed by atoms with E-state index in [4.69, 9.17) is 9.05 Å². The monoisotopic (exact) mass is 395 g/mol. The fourth-order valence-corrected chi connectivity index (χ4v) is 4.25. The molecule has 152 valence electrons. The first kappa shape index (κ1) is 22.7. The number of hydrogen-bond donors (Lipinski definition) is 3. The predicted molar refractivity (Wildman–Crippen MR) is 96.1 cm³/mol. The normalized spacial score (nSPS) is 22.2. The number of ether oxygens (including phenoxy) is 1. The van der Waals surface area contributed by atoms with E-state index in [0.29, 0.717) is 0 Å². The third-order valence-electron chi connectivity index (χ3n) is 3.91. The molecule has 0 bridgehead atoms. The van der Waals surface area contributed by atoms with Crippen LogP contribution in [0.15, 0.2) is 0 Å². The average Bonchev–Trinajstić information content (AvgIpc) is 2.56. The van der Waals surface area contributed by atoms with Gasteiger partial charge in [0.05, 0.1) is 0 Å². The minimum absolute atomic E-state index is 0.0402. The van der Waals surface area contributed by atoms with E-state index in [1.165, 1.54) is 12.0 Å². The molecular weight excluding hydrogens is 365 g/mol. The summed E-state index contributed by atoms with van der Waals surface area (Å²) in [6.07, 6.45) is -0.755. The van der Waals surface area contributed by atoms with Crippen LogP contribution < -0.4 is 10.4 Å². The first-order valence-corrected chi connectivity index (χ1v) is 10.1. The number of amides is 2. The average molecular weight is 395 g/mol. The Morgan fingerprint density at radius 1 is 1.27 bits per heavy atom. The summed E-state index contributed by atoms with van der Waals surface area (Å²) >= 11 is 0. The summed E-state index contributed by atoms with van der Waals surface area (Å²) in [5.41, 5.74) is -0.671. The SMILES string of the molecule is COC(=O)CCNC(=O)[C@@H]1O[PH](O)(NCCC(=O)N(C)C)OCC1(C)C. The van der Waals surface area contributed by atoms with Gasteiger partial charge in [0.2, 0.25) is 0 Å². The number of rotatable bonds is 8. The van der Waals surface area contributed by atoms with E-state index in [1.807, 2.05) is 0 Å². The van der Waals surface area contributed by atoms with Gasteiger partial charge in [-0.1, -0.05) is 0 Å². The molecule has 1 saturated heterocycles. The van der Waals surface area contributed by atoms with Crippen LogP contribution in [0.1, 0.15) is 26.7 Å². The van der Waals surface area contributed by atoms with Crippen molar-refractivity contribution in [2.24, 2.45) is 5.41 Å². The van der Waals surface area contributed by atoms with Crippen molar-refractivity contribution in [3.63, 3.8) is 0 Å². The molecule has 1 heterocycles. The number of hydrogen-bond acceptors (Lipinski definition) is 8. The Balaban J connectivity index is 2.61. The molecule has 1 atom stereocenters. The predicted octanol–water partition coefficient (Wildman–Crippen LogP) is -0.423. The summed E-state index contributed by atoms with van der Waals surface area (Å²) in [6, 6.07) is 0. The van der Waals surface area contributed by atoms with Gasteiger partial charge in [0, 0.05) is 0 Å². The van der Waals surface area contributed by atoms with Crippen molar-refractivity contribution >= 4 is 25.9 Å². The Kier molecular flexibility index (Phi) is 8.36. The van der Waals surface area contributed by atoms with Crippen LogP contribution in [0.3, 0.4) is 0 Å². The van der Waals surface area contributed by atoms with Crippen LogP contribution >= 0.6 is 8.09 Å². The Morgan fingerprint density at radius 2 is 1.92 bits per heavy atom. The molecule has 0 aromatic carbocycles. The zero-order valence-corrected chi connectivity index (χ0v) is 17.0. The van der Waals surface area contributed by atoms with Crippen molar-refractivity contribution in [3.05, 3.63) is 0 Å². The molecule has 0 aromatic rings. The molecule has 1 fully saturated rings. The van der Waals surface area contributed by atoms with Gasteiger partial charge in [-0.25, -0.2) is 0 Å². The molecule has 0 aromatic heterocycles. The van der Waals surface area contributed by atoms with Crippen LogP contribution in [0.4, 0.5) is 0 Å². The number of nitrogens with zero attached hydrogens (tertiary/aromatic N) is 1. The zero-order chi connectivity index (χ0) is 20.0. The summed E-state index contributed by atoms with van der Waals surface area (Å²) in [6.45, 7) is 3.94. The van der Waals surface area contributed by atoms with Crippen LogP contribution in [-0.4, -0.2) is 74.6 Å². The fourth-order valence-electron chi connectivity index (χ4n) is 2.25. The van der Waals surface area contributed by atoms with Gasteiger partial charge in [-0.05, 0) is 0 Å². The molecule has 0 radical (unpaired) electrons. The molecule has 0 aliphatic carbocycles. The number of methoxy groups -OCH3 is 1. The van der Waals surface area contributed by atoms with E-state index in [2.05, 4.69) is 15.1 Å². The Bertz CT molecular complexity index is 529. The molecule has 1 aliphatic heterocycles. The van der Waals surface area contributed by atoms with Crippen molar-refractivity contribution in [3.8, 4) is 0 Å². The van der Waals surface area contributed by atoms with Crippen molar-refractivity contribution in [1.82, 2.24) is 15.3 Å². The fraction of sp³-hybridized carbons (Fsp3) is 0.800. The molecule has 0 spiro atoms. The van der Waals surface area contributed by atoms with Gasteiger partial charge >= 0.3 is 153 Å². The molecule has 10 nitrogen and oxygen atoms in total. The van der Waals surface area contributed by atoms with Gasteiger partial charge in [-0.3, -0.25) is 0 Å². The van der Waals surface area contributed by atoms with Crippen LogP contribution in [0.25, 0.3) is 0 Å². The molecule has 2 amide bonds. The second-order valence-corrected chi connectivity index (χ2v) is 8.98. The molecule has 0 unspecified atom stereocenters. The van der Waals surface area contributed by atoms with E-state index in [-0.39, 0.29) is 38.4 Å². The second-order valence-electron chi connectivity index (χ2n) is 6.94. The van der Waals surface area contributed by atoms with Gasteiger partial charge < -0.3 is 0 Å². The van der Waals surface area contributed by atoms with Crippen molar-refractivity contribution in [1.29, 1.82) is 0 Å². The third-order valence-corrected chi connectivity index (χ3v) is 5.70. The zero-order valence-electron chi connectivity index (χ0n) is 16.0. The first-order valence-electron chi connectivity index (χ1n) is 8.34. The Labute approximate surface area is 154 Å². The van der Waals surface area contributed by atoms with Gasteiger partial charge in [0.1, 0.15) is 0 Å². The van der Waals surface area contributed by atoms with E-state index >= 15 is 0 Å². The number of carbonyl (C=O) groups excluding carboxylic acids is 3. The molecule has 1 rings (SSSR count). The molecule has 1 aliphatic rings. The summed E-state index contributed by atoms with van der Waals surface area (Å²) < 4.78 is 15.5. The maximum atomic E-state index is 12.4. The standard InChI is InChI=1S/C15H30N3O7P/c1-15(2)10-24-26(22,17-9-6-11(19)18(3)4)25-13(15)14(21)16-8-7-12(20)23-5/h13,17,22,26H,6-10H2,1-5H3,(H,16,21)/t13-/m0/s1. The number of nitrogens with one attached hydrogen (secondary N) is 2. The number of esters is 1. The molecule has 11 heteroatoms. The van der Waals surface area contributed by atoms with Gasteiger partial charge in [-0.2, -0.15) is 0 Å². The second kappa shape index (κ2) is 9.57. The minimum atomic E-state index is -3.79. The Morgan fingerprint density at radius 3 is 2.50 bits per heavy atom. The topological polar surface area (TPSA) is 126 Å². The van der Waals surface area contributed by atoms with Gasteiger partial charge in [0.25, 0.3) is 0 Å². The summed E-state index contributed by atoms with van der Waals surface area (Å²) in [5.74, 6) is -0.988. The quantitative estimate of drug-likeness (QED) is 0.374. The third kappa shape index (κ3) is 6.77. The first-order chi connectivity index (χ1) is 12.0. The summed E-state index contributed by atoms with van der Waals surface area (Å²) in [7, 11) is 0.754. The van der Waals surface area contributed by atoms with Crippen molar-refractivity contribution in [2.75, 3.05) is 40.9 Å². The van der Waals surface area contributed by atoms with Gasteiger partial charge in [0.15, 0.2) is 0 Å². The Hall–Kier alpha value is -1.32. The molecular formula is C15H30N3O7P. The summed E-state index contributed by atoms with van der Waals surface area (Å²) in [5, 5.41) is 5.34. The number of carbonyl (C=O) groups is 3. The van der Waals surface area contributed by atoms with Crippen LogP contribution in [0.2, 0.25) is 0 Å². The van der Waals surface area contributed by atoms with E-state index in [9.17, 15) is 19.3 Å². The molecule has 26 heavy (non-hydrogen) atoms. The van der Waals surface area contributed by atoms with Crippen molar-refractivity contribution < 1.29 is 33.1 Å². The molecule has 0 saturated carbocycles. The maximum absolute atomic E-state index is 12.4. The van der Waals surface area contributed by atoms with Crippen LogP contribution in [0, 0.1) is 5.41 Å². The van der Waals surface area contributed by atoms with E-state index in [0.717, 1.165) is 0 Å². The van der Waals surface area contributed by atoms with Crippen LogP contribution in [-0.2, 0) is 28.2 Å². The summed E-state index contributed by atoms with van der Waals surface area (Å²) in [4.78, 5) is 47.1. The van der Waals surface area contributed by atoms with E-state index in [1.54, 1.807) is 27.9 Å². The van der Waals surface area contributed by atoms with Crippen LogP contribution in [0.5, 0.6) is 0 Å². The van der Waals surface area contributed by atoms with Crippen molar-refractivity contribution in [2.45, 2.75) is 32.8 Å². The molecule has 3 N–H and O–H groups in total. The van der Waals surface area contributed by atoms with E-state index < -0.39 is 31.5 Å². The van der Waals surface area contributed by atoms with Gasteiger partial charge in [-0.15, -0.1) is 0 Å².